The number of amides is 1. The van der Waals surface area contributed by atoms with Gasteiger partial charge in [-0.1, -0.05) is 25.5 Å². The fourth-order valence-corrected chi connectivity index (χ4v) is 3.18. The van der Waals surface area contributed by atoms with E-state index in [1.54, 1.807) is 13.1 Å². The van der Waals surface area contributed by atoms with Crippen LogP contribution in [0.1, 0.15) is 36.5 Å². The van der Waals surface area contributed by atoms with Crippen molar-refractivity contribution in [1.82, 2.24) is 9.62 Å². The molecule has 7 nitrogen and oxygen atoms in total. The third-order valence-electron chi connectivity index (χ3n) is 3.23. The molecule has 0 spiro atoms. The molecule has 1 rings (SSSR count). The lowest BCUT2D eigenvalue weighted by Crippen LogP contribution is -2.32. The van der Waals surface area contributed by atoms with Crippen LogP contribution in [0.5, 0.6) is 0 Å². The lowest BCUT2D eigenvalue weighted by molar-refractivity contribution is -0.136. The Labute approximate surface area is 136 Å². The van der Waals surface area contributed by atoms with Gasteiger partial charge in [0, 0.05) is 20.1 Å². The molecule has 23 heavy (non-hydrogen) atoms. The summed E-state index contributed by atoms with van der Waals surface area (Å²) in [6.07, 6.45) is 1.42. The first kappa shape index (κ1) is 19.1. The van der Waals surface area contributed by atoms with Crippen LogP contribution in [0.2, 0.25) is 0 Å². The normalized spacial score (nSPS) is 11.2. The van der Waals surface area contributed by atoms with Crippen LogP contribution in [-0.4, -0.2) is 50.4 Å². The maximum Gasteiger partial charge on any atom is 0.304 e. The maximum atomic E-state index is 12.4. The predicted molar refractivity (Wildman–Crippen MR) is 85.8 cm³/mol. The number of hydrogen-bond donors (Lipinski definition) is 2. The lowest BCUT2D eigenvalue weighted by Gasteiger charge is -2.18. The minimum absolute atomic E-state index is 0.0777. The molecule has 1 aromatic rings. The average Bonchev–Trinajstić information content (AvgIpc) is 2.51. The highest BCUT2D eigenvalue weighted by Crippen LogP contribution is 2.17. The number of carbonyl (C=O) groups excluding carboxylic acids is 1. The van der Waals surface area contributed by atoms with Gasteiger partial charge in [-0.3, -0.25) is 9.59 Å². The second kappa shape index (κ2) is 8.64. The zero-order chi connectivity index (χ0) is 17.5. The highest BCUT2D eigenvalue weighted by molar-refractivity contribution is 7.89. The molecule has 0 aliphatic carbocycles. The SMILES string of the molecule is CCCCN(C)C(=O)c1ccccc1S(=O)(=O)NCCC(=O)O. The van der Waals surface area contributed by atoms with Gasteiger partial charge < -0.3 is 10.0 Å². The number of aliphatic carboxylic acids is 1. The molecule has 2 N–H and O–H groups in total. The summed E-state index contributed by atoms with van der Waals surface area (Å²) in [4.78, 5) is 24.3. The average molecular weight is 342 g/mol. The Morgan fingerprint density at radius 3 is 2.52 bits per heavy atom. The molecule has 0 saturated carbocycles. The van der Waals surface area contributed by atoms with Gasteiger partial charge in [0.1, 0.15) is 0 Å². The molecule has 0 unspecified atom stereocenters. The number of carboxylic acids is 1. The first-order chi connectivity index (χ1) is 10.8. The van der Waals surface area contributed by atoms with E-state index in [9.17, 15) is 18.0 Å². The van der Waals surface area contributed by atoms with E-state index in [2.05, 4.69) is 4.72 Å². The molecular weight excluding hydrogens is 320 g/mol. The summed E-state index contributed by atoms with van der Waals surface area (Å²) in [6.45, 7) is 2.31. The van der Waals surface area contributed by atoms with Gasteiger partial charge in [-0.05, 0) is 18.6 Å². The van der Waals surface area contributed by atoms with Crippen LogP contribution in [0.4, 0.5) is 0 Å². The van der Waals surface area contributed by atoms with Gasteiger partial charge >= 0.3 is 5.97 Å². The fourth-order valence-electron chi connectivity index (χ4n) is 1.95. The van der Waals surface area contributed by atoms with Gasteiger partial charge in [0.05, 0.1) is 16.9 Å². The van der Waals surface area contributed by atoms with Crippen LogP contribution in [0.25, 0.3) is 0 Å². The van der Waals surface area contributed by atoms with Crippen molar-refractivity contribution in [3.8, 4) is 0 Å². The molecule has 0 radical (unpaired) electrons. The van der Waals surface area contributed by atoms with E-state index in [0.29, 0.717) is 6.54 Å². The van der Waals surface area contributed by atoms with Gasteiger partial charge in [0.2, 0.25) is 10.0 Å². The zero-order valence-corrected chi connectivity index (χ0v) is 14.1. The summed E-state index contributed by atoms with van der Waals surface area (Å²) in [5, 5.41) is 8.58. The summed E-state index contributed by atoms with van der Waals surface area (Å²) in [5.74, 6) is -1.48. The Kier molecular flexibility index (Phi) is 7.18. The summed E-state index contributed by atoms with van der Waals surface area (Å²) in [5.41, 5.74) is 0.0777. The summed E-state index contributed by atoms with van der Waals surface area (Å²) in [7, 11) is -2.32. The second-order valence-electron chi connectivity index (χ2n) is 5.12. The van der Waals surface area contributed by atoms with Crippen molar-refractivity contribution in [2.24, 2.45) is 0 Å². The molecule has 0 saturated heterocycles. The minimum Gasteiger partial charge on any atom is -0.481 e. The van der Waals surface area contributed by atoms with Crippen molar-refractivity contribution in [2.75, 3.05) is 20.1 Å². The quantitative estimate of drug-likeness (QED) is 0.704. The van der Waals surface area contributed by atoms with E-state index in [0.717, 1.165) is 12.8 Å². The number of rotatable bonds is 9. The summed E-state index contributed by atoms with van der Waals surface area (Å²) in [6, 6.07) is 5.91. The third-order valence-corrected chi connectivity index (χ3v) is 4.75. The summed E-state index contributed by atoms with van der Waals surface area (Å²) >= 11 is 0. The Bertz CT molecular complexity index is 658. The number of carboxylic acid groups (broad SMARTS) is 1. The van der Waals surface area contributed by atoms with Crippen LogP contribution in [-0.2, 0) is 14.8 Å². The molecule has 128 valence electrons. The second-order valence-corrected chi connectivity index (χ2v) is 6.85. The van der Waals surface area contributed by atoms with E-state index in [-0.39, 0.29) is 29.3 Å². The van der Waals surface area contributed by atoms with Crippen molar-refractivity contribution in [2.45, 2.75) is 31.1 Å². The van der Waals surface area contributed by atoms with Crippen LogP contribution >= 0.6 is 0 Å². The van der Waals surface area contributed by atoms with Crippen molar-refractivity contribution in [1.29, 1.82) is 0 Å². The van der Waals surface area contributed by atoms with Crippen LogP contribution in [0.3, 0.4) is 0 Å². The Morgan fingerprint density at radius 1 is 1.26 bits per heavy atom. The molecule has 8 heteroatoms. The number of carbonyl (C=O) groups is 2. The molecule has 0 atom stereocenters. The largest absolute Gasteiger partial charge is 0.481 e. The number of nitrogens with one attached hydrogen (secondary N) is 1. The first-order valence-electron chi connectivity index (χ1n) is 7.35. The van der Waals surface area contributed by atoms with Gasteiger partial charge in [-0.2, -0.15) is 0 Å². The monoisotopic (exact) mass is 342 g/mol. The van der Waals surface area contributed by atoms with Gasteiger partial charge in [0.25, 0.3) is 5.91 Å². The van der Waals surface area contributed by atoms with Gasteiger partial charge in [-0.15, -0.1) is 0 Å². The Hall–Kier alpha value is -1.93. The summed E-state index contributed by atoms with van der Waals surface area (Å²) < 4.78 is 26.8. The molecule has 0 fully saturated rings. The van der Waals surface area contributed by atoms with Crippen molar-refractivity contribution >= 4 is 21.9 Å². The number of benzene rings is 1. The van der Waals surface area contributed by atoms with E-state index in [4.69, 9.17) is 5.11 Å². The highest BCUT2D eigenvalue weighted by atomic mass is 32.2. The van der Waals surface area contributed by atoms with Crippen molar-refractivity contribution in [3.63, 3.8) is 0 Å². The van der Waals surface area contributed by atoms with Gasteiger partial charge in [0.15, 0.2) is 0 Å². The molecule has 0 aliphatic heterocycles. The molecule has 0 bridgehead atoms. The lowest BCUT2D eigenvalue weighted by atomic mass is 10.2. The van der Waals surface area contributed by atoms with Crippen molar-refractivity contribution in [3.05, 3.63) is 29.8 Å². The minimum atomic E-state index is -3.95. The third kappa shape index (κ3) is 5.65. The number of nitrogens with zero attached hydrogens (tertiary/aromatic N) is 1. The predicted octanol–water partition coefficient (Wildman–Crippen LogP) is 1.31. The molecule has 0 aliphatic rings. The zero-order valence-electron chi connectivity index (χ0n) is 13.3. The van der Waals surface area contributed by atoms with Crippen LogP contribution < -0.4 is 4.72 Å². The van der Waals surface area contributed by atoms with E-state index < -0.39 is 16.0 Å². The topological polar surface area (TPSA) is 104 Å². The number of sulfonamides is 1. The van der Waals surface area contributed by atoms with E-state index in [1.165, 1.54) is 23.1 Å². The highest BCUT2D eigenvalue weighted by Gasteiger charge is 2.23. The van der Waals surface area contributed by atoms with Crippen LogP contribution in [0.15, 0.2) is 29.2 Å². The molecule has 0 aromatic heterocycles. The van der Waals surface area contributed by atoms with E-state index >= 15 is 0 Å². The molecule has 1 amide bonds. The fraction of sp³-hybridized carbons (Fsp3) is 0.467. The Morgan fingerprint density at radius 2 is 1.91 bits per heavy atom. The molecular formula is C15H22N2O5S. The van der Waals surface area contributed by atoms with Crippen molar-refractivity contribution < 1.29 is 23.1 Å². The van der Waals surface area contributed by atoms with Gasteiger partial charge in [-0.25, -0.2) is 13.1 Å². The smallest absolute Gasteiger partial charge is 0.304 e. The maximum absolute atomic E-state index is 12.4. The molecule has 1 aromatic carbocycles. The first-order valence-corrected chi connectivity index (χ1v) is 8.84. The van der Waals surface area contributed by atoms with E-state index in [1.807, 2.05) is 6.92 Å². The number of hydrogen-bond acceptors (Lipinski definition) is 4. The standard InChI is InChI=1S/C15H22N2O5S/c1-3-4-11-17(2)15(20)12-7-5-6-8-13(12)23(21,22)16-10-9-14(18)19/h5-8,16H,3-4,9-11H2,1-2H3,(H,18,19). The number of unbranched alkanes of at least 4 members (excludes halogenated alkanes) is 1. The van der Waals surface area contributed by atoms with Crippen LogP contribution in [0, 0.1) is 0 Å². The molecule has 0 heterocycles. The Balaban J connectivity index is 3.00.